The van der Waals surface area contributed by atoms with Crippen LogP contribution in [0.3, 0.4) is 0 Å². The fraction of sp³-hybridized carbons (Fsp3) is 0.500. The maximum Gasteiger partial charge on any atom is 0.116 e. The first-order valence-electron chi connectivity index (χ1n) is 5.82. The van der Waals surface area contributed by atoms with E-state index in [9.17, 15) is 0 Å². The Bertz CT molecular complexity index is 473. The third-order valence-corrected chi connectivity index (χ3v) is 4.62. The molecule has 1 aliphatic rings. The van der Waals surface area contributed by atoms with E-state index in [0.29, 0.717) is 6.04 Å². The Morgan fingerprint density at radius 1 is 1.24 bits per heavy atom. The van der Waals surface area contributed by atoms with Gasteiger partial charge in [-0.3, -0.25) is 0 Å². The number of aryl methyl sites for hydroxylation is 2. The van der Waals surface area contributed by atoms with E-state index < -0.39 is 0 Å². The molecule has 1 unspecified atom stereocenters. The third kappa shape index (κ3) is 2.56. The van der Waals surface area contributed by atoms with Gasteiger partial charge in [0.05, 0.1) is 10.7 Å². The van der Waals surface area contributed by atoms with Gasteiger partial charge in [-0.1, -0.05) is 0 Å². The molecular weight excluding hydrogens is 250 g/mol. The van der Waals surface area contributed by atoms with Gasteiger partial charge in [0.15, 0.2) is 0 Å². The summed E-state index contributed by atoms with van der Waals surface area (Å²) in [6, 6.07) is 0.845. The second-order valence-electron chi connectivity index (χ2n) is 4.49. The molecule has 0 aromatic carbocycles. The number of hydrogen-bond donors (Lipinski definition) is 1. The first-order valence-corrected chi connectivity index (χ1v) is 7.58. The van der Waals surface area contributed by atoms with E-state index in [0.717, 1.165) is 21.4 Å². The van der Waals surface area contributed by atoms with Crippen molar-refractivity contribution in [3.05, 3.63) is 32.2 Å². The van der Waals surface area contributed by atoms with Crippen LogP contribution in [0, 0.1) is 13.8 Å². The summed E-state index contributed by atoms with van der Waals surface area (Å²) in [5, 5.41) is 10.2. The Kier molecular flexibility index (Phi) is 2.98. The molecule has 0 amide bonds. The monoisotopic (exact) mass is 265 g/mol. The van der Waals surface area contributed by atoms with Gasteiger partial charge in [-0.05, 0) is 26.7 Å². The third-order valence-electron chi connectivity index (χ3n) is 2.80. The van der Waals surface area contributed by atoms with Crippen molar-refractivity contribution in [2.24, 2.45) is 0 Å². The topological polar surface area (TPSA) is 37.8 Å². The summed E-state index contributed by atoms with van der Waals surface area (Å²) in [7, 11) is 0. The standard InChI is InChI=1S/C12H15N3S2/c1-7-5-17-12(13-7)11(15-9-3-4-9)10-6-16-8(2)14-10/h5-6,9,11,15H,3-4H2,1-2H3. The molecular formula is C12H15N3S2. The summed E-state index contributed by atoms with van der Waals surface area (Å²) >= 11 is 3.43. The normalized spacial score (nSPS) is 17.3. The van der Waals surface area contributed by atoms with Crippen molar-refractivity contribution in [2.45, 2.75) is 38.8 Å². The van der Waals surface area contributed by atoms with Gasteiger partial charge in [-0.15, -0.1) is 22.7 Å². The zero-order chi connectivity index (χ0) is 11.8. The smallest absolute Gasteiger partial charge is 0.116 e. The van der Waals surface area contributed by atoms with E-state index in [4.69, 9.17) is 0 Å². The maximum atomic E-state index is 4.60. The highest BCUT2D eigenvalue weighted by molar-refractivity contribution is 7.10. The van der Waals surface area contributed by atoms with E-state index in [2.05, 4.69) is 33.0 Å². The molecule has 1 aliphatic carbocycles. The molecule has 0 saturated heterocycles. The van der Waals surface area contributed by atoms with Crippen LogP contribution >= 0.6 is 22.7 Å². The van der Waals surface area contributed by atoms with Gasteiger partial charge >= 0.3 is 0 Å². The number of aromatic nitrogens is 2. The lowest BCUT2D eigenvalue weighted by molar-refractivity contribution is 0.586. The van der Waals surface area contributed by atoms with Crippen molar-refractivity contribution < 1.29 is 0 Å². The van der Waals surface area contributed by atoms with Crippen LogP contribution in [0.4, 0.5) is 0 Å². The second-order valence-corrected chi connectivity index (χ2v) is 6.44. The number of thiazole rings is 2. The Balaban J connectivity index is 1.90. The summed E-state index contributed by atoms with van der Waals surface area (Å²) in [5.41, 5.74) is 2.22. The molecule has 1 fully saturated rings. The molecule has 90 valence electrons. The van der Waals surface area contributed by atoms with E-state index in [-0.39, 0.29) is 6.04 Å². The minimum absolute atomic E-state index is 0.186. The maximum absolute atomic E-state index is 4.60. The van der Waals surface area contributed by atoms with Crippen LogP contribution < -0.4 is 5.32 Å². The molecule has 3 nitrogen and oxygen atoms in total. The molecule has 1 N–H and O–H groups in total. The van der Waals surface area contributed by atoms with E-state index in [1.54, 1.807) is 22.7 Å². The number of nitrogens with one attached hydrogen (secondary N) is 1. The van der Waals surface area contributed by atoms with Crippen LogP contribution in [0.25, 0.3) is 0 Å². The Morgan fingerprint density at radius 3 is 2.59 bits per heavy atom. The Hall–Kier alpha value is -0.780. The molecule has 3 rings (SSSR count). The first-order chi connectivity index (χ1) is 8.22. The molecule has 0 spiro atoms. The second kappa shape index (κ2) is 4.48. The summed E-state index contributed by atoms with van der Waals surface area (Å²) in [4.78, 5) is 9.20. The zero-order valence-electron chi connectivity index (χ0n) is 9.93. The van der Waals surface area contributed by atoms with Crippen LogP contribution in [0.1, 0.15) is 40.3 Å². The predicted octanol–water partition coefficient (Wildman–Crippen LogP) is 3.06. The van der Waals surface area contributed by atoms with Gasteiger partial charge in [-0.25, -0.2) is 9.97 Å². The number of rotatable bonds is 4. The minimum atomic E-state index is 0.186. The van der Waals surface area contributed by atoms with Crippen molar-refractivity contribution in [3.63, 3.8) is 0 Å². The Labute approximate surface area is 109 Å². The van der Waals surface area contributed by atoms with Crippen LogP contribution in [0.5, 0.6) is 0 Å². The predicted molar refractivity (Wildman–Crippen MR) is 71.7 cm³/mol. The van der Waals surface area contributed by atoms with Crippen molar-refractivity contribution in [1.82, 2.24) is 15.3 Å². The lowest BCUT2D eigenvalue weighted by Gasteiger charge is -2.13. The average Bonchev–Trinajstić information content (AvgIpc) is 2.86. The lowest BCUT2D eigenvalue weighted by Crippen LogP contribution is -2.24. The molecule has 1 saturated carbocycles. The van der Waals surface area contributed by atoms with E-state index >= 15 is 0 Å². The van der Waals surface area contributed by atoms with Crippen molar-refractivity contribution in [2.75, 3.05) is 0 Å². The van der Waals surface area contributed by atoms with Gasteiger partial charge < -0.3 is 5.32 Å². The molecule has 0 radical (unpaired) electrons. The lowest BCUT2D eigenvalue weighted by atomic mass is 10.2. The quantitative estimate of drug-likeness (QED) is 0.923. The van der Waals surface area contributed by atoms with Gasteiger partial charge in [-0.2, -0.15) is 0 Å². The largest absolute Gasteiger partial charge is 0.300 e. The van der Waals surface area contributed by atoms with Crippen molar-refractivity contribution in [1.29, 1.82) is 0 Å². The van der Waals surface area contributed by atoms with Crippen molar-refractivity contribution in [3.8, 4) is 0 Å². The van der Waals surface area contributed by atoms with Gasteiger partial charge in [0, 0.05) is 22.5 Å². The summed E-state index contributed by atoms with van der Waals surface area (Å²) < 4.78 is 0. The molecule has 2 aromatic rings. The van der Waals surface area contributed by atoms with Gasteiger partial charge in [0.25, 0.3) is 0 Å². The van der Waals surface area contributed by atoms with Crippen LogP contribution in [0.15, 0.2) is 10.8 Å². The SMILES string of the molecule is Cc1csc(C(NC2CC2)c2csc(C)n2)n1. The van der Waals surface area contributed by atoms with Crippen LogP contribution in [0.2, 0.25) is 0 Å². The van der Waals surface area contributed by atoms with E-state index in [1.807, 2.05) is 6.92 Å². The average molecular weight is 265 g/mol. The molecule has 1 atom stereocenters. The van der Waals surface area contributed by atoms with Crippen LogP contribution in [-0.4, -0.2) is 16.0 Å². The summed E-state index contributed by atoms with van der Waals surface area (Å²) in [6.45, 7) is 4.09. The summed E-state index contributed by atoms with van der Waals surface area (Å²) in [5.74, 6) is 0. The molecule has 17 heavy (non-hydrogen) atoms. The molecule has 2 heterocycles. The first kappa shape index (κ1) is 11.3. The zero-order valence-corrected chi connectivity index (χ0v) is 11.6. The molecule has 0 aliphatic heterocycles. The summed E-state index contributed by atoms with van der Waals surface area (Å²) in [6.07, 6.45) is 2.56. The van der Waals surface area contributed by atoms with E-state index in [1.165, 1.54) is 12.8 Å². The molecule has 2 aromatic heterocycles. The molecule has 5 heteroatoms. The highest BCUT2D eigenvalue weighted by atomic mass is 32.1. The van der Waals surface area contributed by atoms with Gasteiger partial charge in [0.1, 0.15) is 11.0 Å². The number of hydrogen-bond acceptors (Lipinski definition) is 5. The highest BCUT2D eigenvalue weighted by Crippen LogP contribution is 2.30. The molecule has 0 bridgehead atoms. The minimum Gasteiger partial charge on any atom is -0.300 e. The van der Waals surface area contributed by atoms with Gasteiger partial charge in [0.2, 0.25) is 0 Å². The Morgan fingerprint density at radius 2 is 2.06 bits per heavy atom. The number of nitrogens with zero attached hydrogens (tertiary/aromatic N) is 2. The van der Waals surface area contributed by atoms with Crippen LogP contribution in [-0.2, 0) is 0 Å². The highest BCUT2D eigenvalue weighted by Gasteiger charge is 2.28. The van der Waals surface area contributed by atoms with Crippen molar-refractivity contribution >= 4 is 22.7 Å². The fourth-order valence-electron chi connectivity index (χ4n) is 1.79. The fourth-order valence-corrected chi connectivity index (χ4v) is 3.29.